The van der Waals surface area contributed by atoms with Crippen LogP contribution in [-0.2, 0) is 6.54 Å². The van der Waals surface area contributed by atoms with E-state index in [1.54, 1.807) is 19.1 Å². The van der Waals surface area contributed by atoms with Crippen LogP contribution in [0.25, 0.3) is 0 Å². The van der Waals surface area contributed by atoms with Crippen molar-refractivity contribution < 1.29 is 4.79 Å². The van der Waals surface area contributed by atoms with Gasteiger partial charge in [-0.3, -0.25) is 4.79 Å². The molecular weight excluding hydrogens is 360 g/mol. The fourth-order valence-electron chi connectivity index (χ4n) is 2.68. The molecule has 2 N–H and O–H groups in total. The van der Waals surface area contributed by atoms with Crippen molar-refractivity contribution in [3.05, 3.63) is 81.8 Å². The summed E-state index contributed by atoms with van der Waals surface area (Å²) in [6.07, 6.45) is 0. The number of hydrogen-bond donors (Lipinski definition) is 2. The molecule has 0 atom stereocenters. The van der Waals surface area contributed by atoms with Gasteiger partial charge in [0.05, 0.1) is 0 Å². The summed E-state index contributed by atoms with van der Waals surface area (Å²) in [6, 6.07) is 15.1. The molecule has 0 aliphatic carbocycles. The third-order valence-corrected chi connectivity index (χ3v) is 4.70. The average Bonchev–Trinajstić information content (AvgIpc) is 2.64. The van der Waals surface area contributed by atoms with Gasteiger partial charge in [-0.25, -0.2) is 9.97 Å². The highest BCUT2D eigenvalue weighted by atomic mass is 35.5. The number of anilines is 2. The molecule has 1 amide bonds. The van der Waals surface area contributed by atoms with Crippen LogP contribution in [0.3, 0.4) is 0 Å². The Bertz CT molecular complexity index is 988. The highest BCUT2D eigenvalue weighted by molar-refractivity contribution is 6.31. The lowest BCUT2D eigenvalue weighted by Crippen LogP contribution is -2.24. The predicted octanol–water partition coefficient (Wildman–Crippen LogP) is 4.73. The standard InChI is InChI=1S/C21H21ClN4O/c1-13-7-6-10-18(14(13)2)26-20-11-19(24-15(3)25-20)21(27)23-12-16-8-4-5-9-17(16)22/h4-11H,12H2,1-3H3,(H,23,27)(H,24,25,26). The van der Waals surface area contributed by atoms with Gasteiger partial charge in [0.1, 0.15) is 17.3 Å². The first-order valence-corrected chi connectivity index (χ1v) is 9.02. The summed E-state index contributed by atoms with van der Waals surface area (Å²) in [7, 11) is 0. The largest absolute Gasteiger partial charge is 0.347 e. The number of carbonyl (C=O) groups is 1. The lowest BCUT2D eigenvalue weighted by molar-refractivity contribution is 0.0945. The van der Waals surface area contributed by atoms with Crippen LogP contribution in [0.15, 0.2) is 48.5 Å². The number of carbonyl (C=O) groups excluding carboxylic acids is 1. The zero-order chi connectivity index (χ0) is 19.4. The van der Waals surface area contributed by atoms with E-state index in [2.05, 4.69) is 33.6 Å². The van der Waals surface area contributed by atoms with Crippen molar-refractivity contribution in [2.45, 2.75) is 27.3 Å². The quantitative estimate of drug-likeness (QED) is 0.671. The first-order chi connectivity index (χ1) is 12.9. The number of rotatable bonds is 5. The summed E-state index contributed by atoms with van der Waals surface area (Å²) < 4.78 is 0. The maximum absolute atomic E-state index is 12.5. The maximum atomic E-state index is 12.5. The highest BCUT2D eigenvalue weighted by Gasteiger charge is 2.12. The van der Waals surface area contributed by atoms with Crippen LogP contribution in [0.2, 0.25) is 5.02 Å². The van der Waals surface area contributed by atoms with Gasteiger partial charge in [0, 0.05) is 23.3 Å². The number of amides is 1. The van der Waals surface area contributed by atoms with Gasteiger partial charge in [0.25, 0.3) is 5.91 Å². The van der Waals surface area contributed by atoms with Gasteiger partial charge in [-0.2, -0.15) is 0 Å². The fraction of sp³-hybridized carbons (Fsp3) is 0.190. The van der Waals surface area contributed by atoms with E-state index < -0.39 is 0 Å². The molecule has 1 aromatic heterocycles. The Hall–Kier alpha value is -2.92. The van der Waals surface area contributed by atoms with Crippen LogP contribution < -0.4 is 10.6 Å². The molecule has 27 heavy (non-hydrogen) atoms. The van der Waals surface area contributed by atoms with Crippen molar-refractivity contribution >= 4 is 29.0 Å². The lowest BCUT2D eigenvalue weighted by atomic mass is 10.1. The zero-order valence-electron chi connectivity index (χ0n) is 15.5. The van der Waals surface area contributed by atoms with Crippen molar-refractivity contribution in [3.63, 3.8) is 0 Å². The highest BCUT2D eigenvalue weighted by Crippen LogP contribution is 2.22. The van der Waals surface area contributed by atoms with E-state index in [1.807, 2.05) is 37.3 Å². The van der Waals surface area contributed by atoms with Gasteiger partial charge in [0.2, 0.25) is 0 Å². The number of nitrogens with zero attached hydrogens (tertiary/aromatic N) is 2. The second-order valence-corrected chi connectivity index (χ2v) is 6.74. The van der Waals surface area contributed by atoms with Gasteiger partial charge < -0.3 is 10.6 Å². The third kappa shape index (κ3) is 4.63. The molecule has 0 bridgehead atoms. The SMILES string of the molecule is Cc1nc(Nc2cccc(C)c2C)cc(C(=O)NCc2ccccc2Cl)n1. The second kappa shape index (κ2) is 8.18. The average molecular weight is 381 g/mol. The summed E-state index contributed by atoms with van der Waals surface area (Å²) in [4.78, 5) is 21.2. The molecule has 0 saturated heterocycles. The van der Waals surface area contributed by atoms with E-state index in [4.69, 9.17) is 11.6 Å². The van der Waals surface area contributed by atoms with Gasteiger partial charge in [0.15, 0.2) is 0 Å². The monoisotopic (exact) mass is 380 g/mol. The molecule has 0 spiro atoms. The van der Waals surface area contributed by atoms with Crippen LogP contribution >= 0.6 is 11.6 Å². The molecule has 0 aliphatic heterocycles. The Balaban J connectivity index is 1.77. The van der Waals surface area contributed by atoms with E-state index in [1.165, 1.54) is 5.56 Å². The van der Waals surface area contributed by atoms with Crippen LogP contribution in [0, 0.1) is 20.8 Å². The Labute approximate surface area is 163 Å². The number of aromatic nitrogens is 2. The minimum absolute atomic E-state index is 0.274. The molecule has 138 valence electrons. The summed E-state index contributed by atoms with van der Waals surface area (Å²) in [5.74, 6) is 0.830. The molecule has 3 rings (SSSR count). The van der Waals surface area contributed by atoms with E-state index in [-0.39, 0.29) is 5.91 Å². The Kier molecular flexibility index (Phi) is 5.72. The summed E-state index contributed by atoms with van der Waals surface area (Å²) in [5, 5.41) is 6.75. The molecule has 0 aliphatic rings. The maximum Gasteiger partial charge on any atom is 0.270 e. The van der Waals surface area contributed by atoms with Crippen molar-refractivity contribution in [2.75, 3.05) is 5.32 Å². The molecule has 3 aromatic rings. The minimum atomic E-state index is -0.274. The van der Waals surface area contributed by atoms with Crippen molar-refractivity contribution in [1.29, 1.82) is 0 Å². The summed E-state index contributed by atoms with van der Waals surface area (Å²) >= 11 is 6.14. The molecule has 1 heterocycles. The molecule has 6 heteroatoms. The number of nitrogens with one attached hydrogen (secondary N) is 2. The predicted molar refractivity (Wildman–Crippen MR) is 109 cm³/mol. The number of aryl methyl sites for hydroxylation is 2. The number of hydrogen-bond acceptors (Lipinski definition) is 4. The minimum Gasteiger partial charge on any atom is -0.347 e. The van der Waals surface area contributed by atoms with Crippen LogP contribution in [0.4, 0.5) is 11.5 Å². The Morgan fingerprint density at radius 3 is 2.59 bits per heavy atom. The van der Waals surface area contributed by atoms with Crippen molar-refractivity contribution in [3.8, 4) is 0 Å². The van der Waals surface area contributed by atoms with E-state index >= 15 is 0 Å². The molecule has 2 aromatic carbocycles. The number of benzene rings is 2. The Morgan fingerprint density at radius 1 is 1.04 bits per heavy atom. The first-order valence-electron chi connectivity index (χ1n) is 8.64. The lowest BCUT2D eigenvalue weighted by Gasteiger charge is -2.12. The van der Waals surface area contributed by atoms with Crippen LogP contribution in [-0.4, -0.2) is 15.9 Å². The van der Waals surface area contributed by atoms with Crippen molar-refractivity contribution in [1.82, 2.24) is 15.3 Å². The third-order valence-electron chi connectivity index (χ3n) is 4.34. The molecule has 0 radical (unpaired) electrons. The van der Waals surface area contributed by atoms with Gasteiger partial charge >= 0.3 is 0 Å². The first kappa shape index (κ1) is 18.9. The van der Waals surface area contributed by atoms with E-state index in [9.17, 15) is 4.79 Å². The summed E-state index contributed by atoms with van der Waals surface area (Å²) in [5.41, 5.74) is 4.44. The van der Waals surface area contributed by atoms with E-state index in [0.29, 0.717) is 28.9 Å². The smallest absolute Gasteiger partial charge is 0.270 e. The normalized spacial score (nSPS) is 10.5. The van der Waals surface area contributed by atoms with Crippen molar-refractivity contribution in [2.24, 2.45) is 0 Å². The zero-order valence-corrected chi connectivity index (χ0v) is 16.3. The van der Waals surface area contributed by atoms with Crippen LogP contribution in [0.1, 0.15) is 33.0 Å². The van der Waals surface area contributed by atoms with Gasteiger partial charge in [-0.05, 0) is 49.6 Å². The number of halogens is 1. The van der Waals surface area contributed by atoms with Gasteiger partial charge in [-0.1, -0.05) is 41.9 Å². The van der Waals surface area contributed by atoms with Crippen LogP contribution in [0.5, 0.6) is 0 Å². The molecule has 5 nitrogen and oxygen atoms in total. The fourth-order valence-corrected chi connectivity index (χ4v) is 2.88. The molecular formula is C21H21ClN4O. The van der Waals surface area contributed by atoms with E-state index in [0.717, 1.165) is 16.8 Å². The Morgan fingerprint density at radius 2 is 1.81 bits per heavy atom. The molecule has 0 unspecified atom stereocenters. The summed E-state index contributed by atoms with van der Waals surface area (Å²) in [6.45, 7) is 6.20. The second-order valence-electron chi connectivity index (χ2n) is 6.33. The van der Waals surface area contributed by atoms with Gasteiger partial charge in [-0.15, -0.1) is 0 Å². The topological polar surface area (TPSA) is 66.9 Å². The molecule has 0 saturated carbocycles. The molecule has 0 fully saturated rings.